The van der Waals surface area contributed by atoms with Gasteiger partial charge in [0.15, 0.2) is 0 Å². The summed E-state index contributed by atoms with van der Waals surface area (Å²) in [6.07, 6.45) is 1.72. The van der Waals surface area contributed by atoms with Crippen LogP contribution in [0.5, 0.6) is 0 Å². The Morgan fingerprint density at radius 3 is 2.18 bits per heavy atom. The number of rotatable bonds is 7. The molecule has 0 saturated carbocycles. The van der Waals surface area contributed by atoms with Crippen LogP contribution >= 0.6 is 0 Å². The molecular weight excluding hydrogens is 438 g/mol. The lowest BCUT2D eigenvalue weighted by molar-refractivity contribution is 0.0948. The third-order valence-corrected chi connectivity index (χ3v) is 7.82. The molecule has 178 valence electrons. The van der Waals surface area contributed by atoms with Crippen molar-refractivity contribution in [3.8, 4) is 0 Å². The smallest absolute Gasteiger partial charge is 0.255 e. The molecule has 0 unspecified atom stereocenters. The zero-order valence-corrected chi connectivity index (χ0v) is 20.5. The summed E-state index contributed by atoms with van der Waals surface area (Å²) in [5.41, 5.74) is 2.26. The first kappa shape index (κ1) is 24.9. The first-order chi connectivity index (χ1) is 15.6. The predicted octanol–water partition coefficient (Wildman–Crippen LogP) is 4.05. The van der Waals surface area contributed by atoms with Crippen LogP contribution in [0.3, 0.4) is 0 Å². The first-order valence-corrected chi connectivity index (χ1v) is 12.8. The Hall–Kier alpha value is -2.71. The number of nitrogens with zero attached hydrogens (tertiary/aromatic N) is 1. The molecule has 0 aromatic heterocycles. The third kappa shape index (κ3) is 6.21. The highest BCUT2D eigenvalue weighted by atomic mass is 32.2. The van der Waals surface area contributed by atoms with Gasteiger partial charge in [0.2, 0.25) is 10.0 Å². The van der Waals surface area contributed by atoms with E-state index < -0.39 is 10.0 Å². The summed E-state index contributed by atoms with van der Waals surface area (Å²) in [6, 6.07) is 11.1. The molecule has 0 atom stereocenters. The minimum atomic E-state index is -3.55. The standard InChI is InChI=1S/C25H33N3O4S/c1-17(2)16-26-24(29)21-7-10-23(19(4)15-21)27-25(30)20-5-8-22(9-6-20)33(31,32)28-13-11-18(3)12-14-28/h5-10,15,17-18H,11-14,16H2,1-4H3,(H,26,29)(H,27,30). The van der Waals surface area contributed by atoms with E-state index >= 15 is 0 Å². The molecule has 2 aromatic carbocycles. The summed E-state index contributed by atoms with van der Waals surface area (Å²) >= 11 is 0. The Bertz CT molecular complexity index is 1100. The summed E-state index contributed by atoms with van der Waals surface area (Å²) in [5.74, 6) is 0.406. The number of carbonyl (C=O) groups excluding carboxylic acids is 2. The van der Waals surface area contributed by atoms with Gasteiger partial charge in [0.05, 0.1) is 4.90 Å². The maximum atomic E-state index is 12.9. The summed E-state index contributed by atoms with van der Waals surface area (Å²) in [7, 11) is -3.55. The minimum Gasteiger partial charge on any atom is -0.352 e. The van der Waals surface area contributed by atoms with Gasteiger partial charge in [-0.05, 0) is 79.6 Å². The molecule has 1 saturated heterocycles. The highest BCUT2D eigenvalue weighted by molar-refractivity contribution is 7.89. The number of anilines is 1. The Kier molecular flexibility index (Phi) is 7.92. The fourth-order valence-corrected chi connectivity index (χ4v) is 5.16. The maximum Gasteiger partial charge on any atom is 0.255 e. The predicted molar refractivity (Wildman–Crippen MR) is 130 cm³/mol. The van der Waals surface area contributed by atoms with E-state index in [1.54, 1.807) is 18.2 Å². The van der Waals surface area contributed by atoms with Crippen LogP contribution in [0.1, 0.15) is 59.9 Å². The van der Waals surface area contributed by atoms with Gasteiger partial charge in [-0.25, -0.2) is 8.42 Å². The van der Waals surface area contributed by atoms with Gasteiger partial charge in [-0.15, -0.1) is 0 Å². The van der Waals surface area contributed by atoms with Gasteiger partial charge in [-0.3, -0.25) is 9.59 Å². The molecule has 33 heavy (non-hydrogen) atoms. The second-order valence-corrected chi connectivity index (χ2v) is 11.1. The molecule has 0 spiro atoms. The number of hydrogen-bond acceptors (Lipinski definition) is 4. The van der Waals surface area contributed by atoms with Gasteiger partial charge >= 0.3 is 0 Å². The molecule has 7 nitrogen and oxygen atoms in total. The molecule has 1 fully saturated rings. The summed E-state index contributed by atoms with van der Waals surface area (Å²) in [6.45, 7) is 9.66. The lowest BCUT2D eigenvalue weighted by Gasteiger charge is -2.29. The number of piperidine rings is 1. The van der Waals surface area contributed by atoms with Crippen LogP contribution < -0.4 is 10.6 Å². The van der Waals surface area contributed by atoms with Crippen molar-refractivity contribution in [3.05, 3.63) is 59.2 Å². The average Bonchev–Trinajstić information content (AvgIpc) is 2.79. The molecule has 2 amide bonds. The molecule has 0 radical (unpaired) electrons. The second kappa shape index (κ2) is 10.5. The number of sulfonamides is 1. The van der Waals surface area contributed by atoms with Crippen molar-refractivity contribution in [2.24, 2.45) is 11.8 Å². The van der Waals surface area contributed by atoms with Gasteiger partial charge in [0.25, 0.3) is 11.8 Å². The molecule has 1 aliphatic heterocycles. The lowest BCUT2D eigenvalue weighted by Crippen LogP contribution is -2.37. The molecule has 2 aromatic rings. The molecule has 8 heteroatoms. The number of nitrogens with one attached hydrogen (secondary N) is 2. The normalized spacial score (nSPS) is 15.4. The van der Waals surface area contributed by atoms with Crippen LogP contribution in [0.25, 0.3) is 0 Å². The van der Waals surface area contributed by atoms with Crippen molar-refractivity contribution in [1.29, 1.82) is 0 Å². The van der Waals surface area contributed by atoms with E-state index in [2.05, 4.69) is 17.6 Å². The summed E-state index contributed by atoms with van der Waals surface area (Å²) in [4.78, 5) is 25.2. The SMILES string of the molecule is Cc1cc(C(=O)NCC(C)C)ccc1NC(=O)c1ccc(S(=O)(=O)N2CCC(C)CC2)cc1. The third-order valence-electron chi connectivity index (χ3n) is 5.90. The zero-order chi connectivity index (χ0) is 24.2. The molecule has 2 N–H and O–H groups in total. The summed E-state index contributed by atoms with van der Waals surface area (Å²) in [5, 5.41) is 5.71. The number of amides is 2. The minimum absolute atomic E-state index is 0.148. The highest BCUT2D eigenvalue weighted by Crippen LogP contribution is 2.24. The first-order valence-electron chi connectivity index (χ1n) is 11.4. The molecular formula is C25H33N3O4S. The van der Waals surface area contributed by atoms with Crippen LogP contribution in [0, 0.1) is 18.8 Å². The highest BCUT2D eigenvalue weighted by Gasteiger charge is 2.28. The average molecular weight is 472 g/mol. The topological polar surface area (TPSA) is 95.6 Å². The number of aryl methyl sites for hydroxylation is 1. The Morgan fingerprint density at radius 1 is 1.00 bits per heavy atom. The van der Waals surface area contributed by atoms with Crippen LogP contribution in [-0.4, -0.2) is 44.2 Å². The van der Waals surface area contributed by atoms with Crippen LogP contribution in [0.2, 0.25) is 0 Å². The van der Waals surface area contributed by atoms with Crippen molar-refractivity contribution < 1.29 is 18.0 Å². The van der Waals surface area contributed by atoms with Gasteiger partial charge in [-0.2, -0.15) is 4.31 Å². The molecule has 1 heterocycles. The molecule has 0 bridgehead atoms. The quantitative estimate of drug-likeness (QED) is 0.637. The molecule has 0 aliphatic carbocycles. The van der Waals surface area contributed by atoms with Crippen molar-refractivity contribution in [2.45, 2.75) is 45.4 Å². The van der Waals surface area contributed by atoms with Crippen LogP contribution in [0.4, 0.5) is 5.69 Å². The maximum absolute atomic E-state index is 12.9. The van der Waals surface area contributed by atoms with Crippen molar-refractivity contribution >= 4 is 27.5 Å². The van der Waals surface area contributed by atoms with Gasteiger partial charge in [0.1, 0.15) is 0 Å². The van der Waals surface area contributed by atoms with E-state index in [4.69, 9.17) is 0 Å². The van der Waals surface area contributed by atoms with Crippen LogP contribution in [0.15, 0.2) is 47.4 Å². The van der Waals surface area contributed by atoms with Crippen LogP contribution in [-0.2, 0) is 10.0 Å². The van der Waals surface area contributed by atoms with E-state index in [0.717, 1.165) is 18.4 Å². The van der Waals surface area contributed by atoms with Crippen molar-refractivity contribution in [1.82, 2.24) is 9.62 Å². The van der Waals surface area contributed by atoms with Crippen molar-refractivity contribution in [3.63, 3.8) is 0 Å². The fourth-order valence-electron chi connectivity index (χ4n) is 3.69. The molecule has 1 aliphatic rings. The second-order valence-electron chi connectivity index (χ2n) is 9.20. The van der Waals surface area contributed by atoms with E-state index in [-0.39, 0.29) is 16.7 Å². The van der Waals surface area contributed by atoms with E-state index in [1.165, 1.54) is 28.6 Å². The van der Waals surface area contributed by atoms with Gasteiger partial charge in [0, 0.05) is 36.4 Å². The fraction of sp³-hybridized carbons (Fsp3) is 0.440. The Morgan fingerprint density at radius 2 is 1.61 bits per heavy atom. The van der Waals surface area contributed by atoms with E-state index in [0.29, 0.717) is 48.3 Å². The largest absolute Gasteiger partial charge is 0.352 e. The monoisotopic (exact) mass is 471 g/mol. The lowest BCUT2D eigenvalue weighted by atomic mass is 10.0. The van der Waals surface area contributed by atoms with E-state index in [1.807, 2.05) is 20.8 Å². The van der Waals surface area contributed by atoms with Gasteiger partial charge < -0.3 is 10.6 Å². The number of benzene rings is 2. The summed E-state index contributed by atoms with van der Waals surface area (Å²) < 4.78 is 27.3. The Balaban J connectivity index is 1.66. The van der Waals surface area contributed by atoms with Crippen molar-refractivity contribution in [2.75, 3.05) is 25.0 Å². The van der Waals surface area contributed by atoms with Gasteiger partial charge in [-0.1, -0.05) is 20.8 Å². The van der Waals surface area contributed by atoms with E-state index in [9.17, 15) is 18.0 Å². The zero-order valence-electron chi connectivity index (χ0n) is 19.7. The number of hydrogen-bond donors (Lipinski definition) is 2. The number of carbonyl (C=O) groups is 2. The molecule has 3 rings (SSSR count). The Labute approximate surface area is 196 Å².